The van der Waals surface area contributed by atoms with Crippen LogP contribution in [-0.4, -0.2) is 36.3 Å². The second-order valence-electron chi connectivity index (χ2n) is 10.0. The van der Waals surface area contributed by atoms with E-state index in [9.17, 15) is 32.9 Å². The number of aromatic nitrogens is 1. The fraction of sp³-hybridized carbons (Fsp3) is 0.219. The minimum Gasteiger partial charge on any atom is -0.497 e. The SMILES string of the molecule is CCOC(=O)C1=C(C)N=c2s/c(=C\c3ccc(Oc4ccc(C(F)(F)F)cc4[N+](=O)[O-])c(OC)c3)c(=O)n2[C@H]1c1ccc(OC)cc1. The van der Waals surface area contributed by atoms with Gasteiger partial charge in [0.1, 0.15) is 5.75 Å². The van der Waals surface area contributed by atoms with Gasteiger partial charge in [0, 0.05) is 6.07 Å². The van der Waals surface area contributed by atoms with Gasteiger partial charge in [-0.1, -0.05) is 29.5 Å². The van der Waals surface area contributed by atoms with Gasteiger partial charge in [0.05, 0.1) is 53.2 Å². The van der Waals surface area contributed by atoms with Crippen LogP contribution in [0.4, 0.5) is 18.9 Å². The minimum absolute atomic E-state index is 0.0109. The van der Waals surface area contributed by atoms with Gasteiger partial charge in [-0.2, -0.15) is 13.2 Å². The first kappa shape index (κ1) is 32.9. The molecule has 2 heterocycles. The summed E-state index contributed by atoms with van der Waals surface area (Å²) in [5.41, 5.74) is -0.771. The number of nitro groups is 1. The fourth-order valence-electron chi connectivity index (χ4n) is 4.94. The van der Waals surface area contributed by atoms with Crippen LogP contribution >= 0.6 is 11.3 Å². The van der Waals surface area contributed by atoms with Crippen LogP contribution in [0.3, 0.4) is 0 Å². The van der Waals surface area contributed by atoms with Crippen molar-refractivity contribution in [3.63, 3.8) is 0 Å². The molecule has 1 aliphatic rings. The third kappa shape index (κ3) is 6.60. The van der Waals surface area contributed by atoms with E-state index in [0.717, 1.165) is 17.4 Å². The molecule has 1 atom stereocenters. The number of ether oxygens (including phenoxy) is 4. The Labute approximate surface area is 268 Å². The van der Waals surface area contributed by atoms with Crippen LogP contribution < -0.4 is 29.1 Å². The van der Waals surface area contributed by atoms with Crippen molar-refractivity contribution in [2.24, 2.45) is 4.99 Å². The van der Waals surface area contributed by atoms with E-state index >= 15 is 0 Å². The van der Waals surface area contributed by atoms with E-state index in [2.05, 4.69) is 4.99 Å². The number of hydrogen-bond acceptors (Lipinski definition) is 10. The number of alkyl halides is 3. The van der Waals surface area contributed by atoms with E-state index in [0.29, 0.717) is 39.5 Å². The van der Waals surface area contributed by atoms with E-state index in [1.807, 2.05) is 0 Å². The highest BCUT2D eigenvalue weighted by Crippen LogP contribution is 2.40. The van der Waals surface area contributed by atoms with E-state index in [4.69, 9.17) is 18.9 Å². The molecule has 0 saturated carbocycles. The normalized spacial score (nSPS) is 14.7. The maximum atomic E-state index is 13.9. The molecule has 244 valence electrons. The maximum absolute atomic E-state index is 13.9. The van der Waals surface area contributed by atoms with Crippen molar-refractivity contribution in [2.45, 2.75) is 26.1 Å². The predicted octanol–water partition coefficient (Wildman–Crippen LogP) is 5.53. The number of benzene rings is 3. The average molecular weight is 670 g/mol. The standard InChI is InChI=1S/C32H26F3N3O8S/c1-5-45-30(40)27-17(2)36-31-37(28(27)19-7-10-21(43-3)11-8-19)29(39)26(47-31)15-18-6-12-24(25(14-18)44-4)46-23-13-9-20(32(33,34)35)16-22(23)38(41)42/h6-16,28H,5H2,1-4H3/b26-15-/t28-/m0/s1. The van der Waals surface area contributed by atoms with Crippen molar-refractivity contribution < 1.29 is 41.8 Å². The van der Waals surface area contributed by atoms with Crippen molar-refractivity contribution in [3.8, 4) is 23.0 Å². The number of rotatable bonds is 9. The first-order valence-corrected chi connectivity index (χ1v) is 14.7. The number of methoxy groups -OCH3 is 2. The van der Waals surface area contributed by atoms with Crippen molar-refractivity contribution in [2.75, 3.05) is 20.8 Å². The zero-order chi connectivity index (χ0) is 34.0. The van der Waals surface area contributed by atoms with Gasteiger partial charge in [0.15, 0.2) is 16.3 Å². The summed E-state index contributed by atoms with van der Waals surface area (Å²) in [6.45, 7) is 3.48. The number of nitrogens with zero attached hydrogens (tertiary/aromatic N) is 3. The second-order valence-corrected chi connectivity index (χ2v) is 11.0. The van der Waals surface area contributed by atoms with E-state index in [-0.39, 0.29) is 28.2 Å². The lowest BCUT2D eigenvalue weighted by Gasteiger charge is -2.24. The Balaban J connectivity index is 1.56. The molecule has 1 aromatic heterocycles. The quantitative estimate of drug-likeness (QED) is 0.129. The lowest BCUT2D eigenvalue weighted by molar-refractivity contribution is -0.385. The summed E-state index contributed by atoms with van der Waals surface area (Å²) in [5.74, 6) is -0.347. The van der Waals surface area contributed by atoms with Crippen LogP contribution in [0.5, 0.6) is 23.0 Å². The van der Waals surface area contributed by atoms with Gasteiger partial charge in [-0.25, -0.2) is 9.79 Å². The molecule has 0 fully saturated rings. The molecule has 4 aromatic rings. The number of nitro benzene ring substituents is 1. The first-order valence-electron chi connectivity index (χ1n) is 13.9. The lowest BCUT2D eigenvalue weighted by atomic mass is 9.96. The number of esters is 1. The van der Waals surface area contributed by atoms with E-state index in [1.54, 1.807) is 50.3 Å². The molecule has 0 spiro atoms. The van der Waals surface area contributed by atoms with Gasteiger partial charge in [-0.15, -0.1) is 0 Å². The average Bonchev–Trinajstić information content (AvgIpc) is 3.34. The molecule has 5 rings (SSSR count). The minimum atomic E-state index is -4.78. The summed E-state index contributed by atoms with van der Waals surface area (Å²) < 4.78 is 62.7. The van der Waals surface area contributed by atoms with Gasteiger partial charge < -0.3 is 18.9 Å². The second kappa shape index (κ2) is 13.1. The van der Waals surface area contributed by atoms with Crippen molar-refractivity contribution >= 4 is 29.1 Å². The van der Waals surface area contributed by atoms with Gasteiger partial charge in [-0.05, 0) is 67.4 Å². The third-order valence-corrected chi connectivity index (χ3v) is 8.12. The van der Waals surface area contributed by atoms with Crippen LogP contribution in [0.2, 0.25) is 0 Å². The Morgan fingerprint density at radius 3 is 2.36 bits per heavy atom. The largest absolute Gasteiger partial charge is 0.497 e. The molecule has 0 N–H and O–H groups in total. The highest BCUT2D eigenvalue weighted by atomic mass is 32.1. The van der Waals surface area contributed by atoms with Crippen molar-refractivity contribution in [1.29, 1.82) is 0 Å². The smallest absolute Gasteiger partial charge is 0.416 e. The molecule has 3 aromatic carbocycles. The number of fused-ring (bicyclic) bond motifs is 1. The van der Waals surface area contributed by atoms with E-state index < -0.39 is 45.7 Å². The number of carbonyl (C=O) groups is 1. The first-order chi connectivity index (χ1) is 22.4. The van der Waals surface area contributed by atoms with E-state index in [1.165, 1.54) is 30.9 Å². The molecule has 47 heavy (non-hydrogen) atoms. The summed E-state index contributed by atoms with van der Waals surface area (Å²) in [6, 6.07) is 12.5. The molecule has 0 aliphatic carbocycles. The van der Waals surface area contributed by atoms with Gasteiger partial charge >= 0.3 is 17.8 Å². The summed E-state index contributed by atoms with van der Waals surface area (Å²) in [4.78, 5) is 42.4. The molecule has 15 heteroatoms. The third-order valence-electron chi connectivity index (χ3n) is 7.14. The van der Waals surface area contributed by atoms with Crippen LogP contribution in [0.25, 0.3) is 6.08 Å². The van der Waals surface area contributed by atoms with Gasteiger partial charge in [0.25, 0.3) is 5.56 Å². The molecule has 0 unspecified atom stereocenters. The monoisotopic (exact) mass is 669 g/mol. The number of hydrogen-bond donors (Lipinski definition) is 0. The zero-order valence-corrected chi connectivity index (χ0v) is 26.1. The van der Waals surface area contributed by atoms with Gasteiger partial charge in [0.2, 0.25) is 5.75 Å². The Bertz CT molecular complexity index is 2090. The number of allylic oxidation sites excluding steroid dienone is 1. The fourth-order valence-corrected chi connectivity index (χ4v) is 5.99. The summed E-state index contributed by atoms with van der Waals surface area (Å²) in [5, 5.41) is 11.5. The molecule has 0 radical (unpaired) electrons. The van der Waals surface area contributed by atoms with Crippen LogP contribution in [0.15, 0.2) is 81.7 Å². The summed E-state index contributed by atoms with van der Waals surface area (Å²) >= 11 is 1.10. The Morgan fingerprint density at radius 2 is 1.74 bits per heavy atom. The number of halogens is 3. The molecule has 0 saturated heterocycles. The Morgan fingerprint density at radius 1 is 1.04 bits per heavy atom. The van der Waals surface area contributed by atoms with Crippen LogP contribution in [0.1, 0.15) is 36.6 Å². The molecule has 0 amide bonds. The van der Waals surface area contributed by atoms with Crippen LogP contribution in [0, 0.1) is 10.1 Å². The highest BCUT2D eigenvalue weighted by Gasteiger charge is 2.35. The molecule has 11 nitrogen and oxygen atoms in total. The van der Waals surface area contributed by atoms with Crippen molar-refractivity contribution in [1.82, 2.24) is 4.57 Å². The molecule has 1 aliphatic heterocycles. The predicted molar refractivity (Wildman–Crippen MR) is 165 cm³/mol. The topological polar surface area (TPSA) is 131 Å². The highest BCUT2D eigenvalue weighted by molar-refractivity contribution is 7.07. The summed E-state index contributed by atoms with van der Waals surface area (Å²) in [7, 11) is 2.84. The number of thiazole rings is 1. The maximum Gasteiger partial charge on any atom is 0.416 e. The Kier molecular flexibility index (Phi) is 9.19. The molecular formula is C32H26F3N3O8S. The number of carbonyl (C=O) groups excluding carboxylic acids is 1. The zero-order valence-electron chi connectivity index (χ0n) is 25.3. The van der Waals surface area contributed by atoms with Crippen molar-refractivity contribution in [3.05, 3.63) is 118 Å². The van der Waals surface area contributed by atoms with Crippen LogP contribution in [-0.2, 0) is 15.7 Å². The Hall–Kier alpha value is -5.44. The molecule has 0 bridgehead atoms. The molecular weight excluding hydrogens is 643 g/mol. The van der Waals surface area contributed by atoms with Gasteiger partial charge in [-0.3, -0.25) is 19.5 Å². The summed E-state index contributed by atoms with van der Waals surface area (Å²) in [6.07, 6.45) is -3.21. The lowest BCUT2D eigenvalue weighted by Crippen LogP contribution is -2.39.